The predicted molar refractivity (Wildman–Crippen MR) is 117 cm³/mol. The van der Waals surface area contributed by atoms with Crippen LogP contribution in [-0.4, -0.2) is 75.9 Å². The zero-order valence-electron chi connectivity index (χ0n) is 17.4. The minimum atomic E-state index is -1.07. The smallest absolute Gasteiger partial charge is 0.358 e. The van der Waals surface area contributed by atoms with Crippen molar-refractivity contribution in [3.8, 4) is 0 Å². The Kier molecular flexibility index (Phi) is 5.89. The second-order valence-corrected chi connectivity index (χ2v) is 10.1. The van der Waals surface area contributed by atoms with Crippen LogP contribution in [0, 0.1) is 0 Å². The number of nitrogens with zero attached hydrogens (tertiary/aromatic N) is 5. The van der Waals surface area contributed by atoms with Crippen LogP contribution in [0.25, 0.3) is 0 Å². The molecular weight excluding hydrogens is 438 g/mol. The molecule has 0 amide bonds. The SMILES string of the molecule is CCN(c1nc(N2CC(OC(=O)c3cscn3)C2)nc2c1S(=O)CC2)C1CCOCC1. The molecule has 31 heavy (non-hydrogen) atoms. The molecular formula is C20H25N5O4S2. The van der Waals surface area contributed by atoms with Crippen LogP contribution >= 0.6 is 11.3 Å². The zero-order chi connectivity index (χ0) is 21.4. The lowest BCUT2D eigenvalue weighted by Gasteiger charge is -2.39. The number of hydrogen-bond donors (Lipinski definition) is 0. The first-order valence-electron chi connectivity index (χ1n) is 10.6. The van der Waals surface area contributed by atoms with Crippen molar-refractivity contribution in [3.63, 3.8) is 0 Å². The molecule has 5 rings (SSSR count). The molecule has 2 aromatic heterocycles. The fourth-order valence-electron chi connectivity index (χ4n) is 4.28. The van der Waals surface area contributed by atoms with Gasteiger partial charge in [0, 0.05) is 43.4 Å². The summed E-state index contributed by atoms with van der Waals surface area (Å²) in [6.45, 7) is 5.46. The fourth-order valence-corrected chi connectivity index (χ4v) is 6.16. The van der Waals surface area contributed by atoms with Crippen molar-refractivity contribution in [1.29, 1.82) is 0 Å². The lowest BCUT2D eigenvalue weighted by atomic mass is 10.1. The second-order valence-electron chi connectivity index (χ2n) is 7.86. The molecule has 0 saturated carbocycles. The number of thiazole rings is 1. The highest BCUT2D eigenvalue weighted by Gasteiger charge is 2.36. The molecule has 0 aliphatic carbocycles. The van der Waals surface area contributed by atoms with Crippen molar-refractivity contribution in [1.82, 2.24) is 15.0 Å². The van der Waals surface area contributed by atoms with E-state index in [1.165, 1.54) is 11.3 Å². The average molecular weight is 464 g/mol. The van der Waals surface area contributed by atoms with Gasteiger partial charge in [-0.1, -0.05) is 0 Å². The molecule has 166 valence electrons. The van der Waals surface area contributed by atoms with Gasteiger partial charge in [-0.25, -0.2) is 14.8 Å². The first-order chi connectivity index (χ1) is 15.1. The van der Waals surface area contributed by atoms with Crippen LogP contribution in [-0.2, 0) is 26.7 Å². The number of fused-ring (bicyclic) bond motifs is 1. The molecule has 5 heterocycles. The van der Waals surface area contributed by atoms with Crippen LogP contribution in [0.3, 0.4) is 0 Å². The summed E-state index contributed by atoms with van der Waals surface area (Å²) < 4.78 is 23.8. The summed E-state index contributed by atoms with van der Waals surface area (Å²) in [4.78, 5) is 30.8. The van der Waals surface area contributed by atoms with Crippen LogP contribution in [0.2, 0.25) is 0 Å². The van der Waals surface area contributed by atoms with Crippen LogP contribution in [0.1, 0.15) is 35.9 Å². The topological polar surface area (TPSA) is 97.8 Å². The molecule has 0 radical (unpaired) electrons. The predicted octanol–water partition coefficient (Wildman–Crippen LogP) is 1.65. The third-order valence-corrected chi connectivity index (χ3v) is 7.98. The summed E-state index contributed by atoms with van der Waals surface area (Å²) in [5.41, 5.74) is 2.84. The van der Waals surface area contributed by atoms with E-state index in [-0.39, 0.29) is 6.10 Å². The molecule has 2 fully saturated rings. The van der Waals surface area contributed by atoms with Gasteiger partial charge < -0.3 is 19.3 Å². The summed E-state index contributed by atoms with van der Waals surface area (Å²) in [5, 5.41) is 1.68. The number of rotatable bonds is 6. The highest BCUT2D eigenvalue weighted by molar-refractivity contribution is 7.85. The van der Waals surface area contributed by atoms with Gasteiger partial charge >= 0.3 is 5.97 Å². The van der Waals surface area contributed by atoms with Gasteiger partial charge in [-0.3, -0.25) is 4.21 Å². The van der Waals surface area contributed by atoms with E-state index in [1.54, 1.807) is 10.9 Å². The lowest BCUT2D eigenvalue weighted by Crippen LogP contribution is -2.54. The van der Waals surface area contributed by atoms with Crippen molar-refractivity contribution >= 4 is 39.9 Å². The molecule has 9 nitrogen and oxygen atoms in total. The van der Waals surface area contributed by atoms with Gasteiger partial charge in [0.05, 0.1) is 35.1 Å². The first-order valence-corrected chi connectivity index (χ1v) is 12.9. The Labute approximate surface area is 187 Å². The fraction of sp³-hybridized carbons (Fsp3) is 0.600. The molecule has 3 aliphatic rings. The maximum absolute atomic E-state index is 12.7. The maximum atomic E-state index is 12.7. The zero-order valence-corrected chi connectivity index (χ0v) is 19.0. The molecule has 2 aromatic rings. The van der Waals surface area contributed by atoms with Gasteiger partial charge in [0.25, 0.3) is 0 Å². The Hall–Kier alpha value is -2.11. The number of anilines is 2. The number of esters is 1. The third kappa shape index (κ3) is 4.06. The highest BCUT2D eigenvalue weighted by atomic mass is 32.2. The summed E-state index contributed by atoms with van der Waals surface area (Å²) in [5.74, 6) is 1.63. The number of carbonyl (C=O) groups excluding carboxylic acids is 1. The largest absolute Gasteiger partial charge is 0.454 e. The maximum Gasteiger partial charge on any atom is 0.358 e. The standard InChI is InChI=1S/C20H25N5O4S2/c1-2-25(13-3-6-28-7-4-13)18-17-15(5-8-31(17)27)22-20(23-18)24-9-14(10-24)29-19(26)16-11-30-12-21-16/h11-14H,2-10H2,1H3. The summed E-state index contributed by atoms with van der Waals surface area (Å²) >= 11 is 1.37. The number of ether oxygens (including phenoxy) is 2. The Morgan fingerprint density at radius 2 is 2.16 bits per heavy atom. The van der Waals surface area contributed by atoms with Crippen molar-refractivity contribution in [3.05, 3.63) is 22.3 Å². The number of aromatic nitrogens is 3. The number of carbonyl (C=O) groups is 1. The average Bonchev–Trinajstić information content (AvgIpc) is 3.42. The molecule has 11 heteroatoms. The Morgan fingerprint density at radius 1 is 1.35 bits per heavy atom. The van der Waals surface area contributed by atoms with E-state index >= 15 is 0 Å². The van der Waals surface area contributed by atoms with Gasteiger partial charge in [-0.2, -0.15) is 4.98 Å². The molecule has 0 spiro atoms. The minimum Gasteiger partial charge on any atom is -0.454 e. The van der Waals surface area contributed by atoms with Gasteiger partial charge in [0.2, 0.25) is 5.95 Å². The number of hydrogen-bond acceptors (Lipinski definition) is 10. The Bertz CT molecular complexity index is 974. The van der Waals surface area contributed by atoms with E-state index in [9.17, 15) is 9.00 Å². The van der Waals surface area contributed by atoms with E-state index in [2.05, 4.69) is 16.8 Å². The summed E-state index contributed by atoms with van der Waals surface area (Å²) in [7, 11) is -1.07. The molecule has 2 saturated heterocycles. The minimum absolute atomic E-state index is 0.207. The molecule has 1 unspecified atom stereocenters. The van der Waals surface area contributed by atoms with Gasteiger partial charge in [0.15, 0.2) is 11.5 Å². The molecule has 0 N–H and O–H groups in total. The van der Waals surface area contributed by atoms with E-state index in [0.717, 1.165) is 49.0 Å². The van der Waals surface area contributed by atoms with Crippen molar-refractivity contribution in [2.24, 2.45) is 0 Å². The molecule has 3 aliphatic heterocycles. The van der Waals surface area contributed by atoms with Crippen molar-refractivity contribution in [2.45, 2.75) is 43.2 Å². The molecule has 0 aromatic carbocycles. The molecule has 0 bridgehead atoms. The van der Waals surface area contributed by atoms with Crippen LogP contribution < -0.4 is 9.80 Å². The third-order valence-electron chi connectivity index (χ3n) is 5.95. The van der Waals surface area contributed by atoms with Gasteiger partial charge in [-0.15, -0.1) is 11.3 Å². The van der Waals surface area contributed by atoms with Crippen molar-refractivity contribution < 1.29 is 18.5 Å². The lowest BCUT2D eigenvalue weighted by molar-refractivity contribution is 0.0225. The first kappa shape index (κ1) is 20.8. The highest BCUT2D eigenvalue weighted by Crippen LogP contribution is 2.35. The van der Waals surface area contributed by atoms with Gasteiger partial charge in [-0.05, 0) is 19.8 Å². The summed E-state index contributed by atoms with van der Waals surface area (Å²) in [6.07, 6.45) is 2.37. The Morgan fingerprint density at radius 3 is 2.87 bits per heavy atom. The monoisotopic (exact) mass is 463 g/mol. The van der Waals surface area contributed by atoms with E-state index in [4.69, 9.17) is 19.4 Å². The summed E-state index contributed by atoms with van der Waals surface area (Å²) in [6, 6.07) is 0.325. The van der Waals surface area contributed by atoms with Gasteiger partial charge in [0.1, 0.15) is 11.0 Å². The molecule has 1 atom stereocenters. The van der Waals surface area contributed by atoms with Crippen molar-refractivity contribution in [2.75, 3.05) is 48.4 Å². The Balaban J connectivity index is 1.35. The van der Waals surface area contributed by atoms with Crippen LogP contribution in [0.4, 0.5) is 11.8 Å². The van der Waals surface area contributed by atoms with E-state index < -0.39 is 16.8 Å². The number of aryl methyl sites for hydroxylation is 1. The van der Waals surface area contributed by atoms with Crippen LogP contribution in [0.15, 0.2) is 15.8 Å². The van der Waals surface area contributed by atoms with E-state index in [1.807, 2.05) is 4.90 Å². The second kappa shape index (κ2) is 8.79. The van der Waals surface area contributed by atoms with E-state index in [0.29, 0.717) is 42.9 Å². The quantitative estimate of drug-likeness (QED) is 0.592. The normalized spacial score (nSPS) is 21.6. The van der Waals surface area contributed by atoms with Crippen LogP contribution in [0.5, 0.6) is 0 Å².